The number of carbonyl (C=O) groups is 2. The summed E-state index contributed by atoms with van der Waals surface area (Å²) in [7, 11) is 0. The van der Waals surface area contributed by atoms with E-state index in [1.54, 1.807) is 0 Å². The predicted molar refractivity (Wildman–Crippen MR) is 116 cm³/mol. The molecule has 1 unspecified atom stereocenters. The molecule has 2 N–H and O–H groups in total. The lowest BCUT2D eigenvalue weighted by Gasteiger charge is -2.23. The molecular weight excluding hydrogens is 406 g/mol. The third-order valence-electron chi connectivity index (χ3n) is 4.29. The summed E-state index contributed by atoms with van der Waals surface area (Å²) >= 11 is 2.83. The van der Waals surface area contributed by atoms with Crippen molar-refractivity contribution in [1.82, 2.24) is 4.98 Å². The Labute approximate surface area is 176 Å². The number of hydrogen-bond acceptors (Lipinski definition) is 7. The van der Waals surface area contributed by atoms with Crippen LogP contribution in [0.3, 0.4) is 0 Å². The van der Waals surface area contributed by atoms with Crippen LogP contribution in [0.2, 0.25) is 0 Å². The molecule has 0 radical (unpaired) electrons. The van der Waals surface area contributed by atoms with E-state index < -0.39 is 11.2 Å². The standard InChI is InChI=1S/C21H19N3O3S2/c1-13-6-8-14(9-7-13)22-21-23-15(12-28-21)11-27-19(25)10-18-20(26)24-16-4-2-3-5-17(16)29-18/h2-9,12,18H,10-11H2,1H3,(H,22,23)(H,24,26). The third-order valence-corrected chi connectivity index (χ3v) is 6.38. The van der Waals surface area contributed by atoms with Gasteiger partial charge in [-0.2, -0.15) is 0 Å². The number of thiazole rings is 1. The summed E-state index contributed by atoms with van der Waals surface area (Å²) in [5.41, 5.74) is 3.59. The number of esters is 1. The lowest BCUT2D eigenvalue weighted by atomic mass is 10.2. The summed E-state index contributed by atoms with van der Waals surface area (Å²) in [6.45, 7) is 2.12. The second-order valence-corrected chi connectivity index (χ2v) is 8.69. The number of para-hydroxylation sites is 1. The van der Waals surface area contributed by atoms with E-state index in [0.717, 1.165) is 21.4 Å². The molecule has 1 aliphatic rings. The van der Waals surface area contributed by atoms with Crippen LogP contribution in [-0.2, 0) is 20.9 Å². The molecule has 0 spiro atoms. The summed E-state index contributed by atoms with van der Waals surface area (Å²) in [6, 6.07) is 15.6. The molecule has 0 saturated carbocycles. The zero-order valence-corrected chi connectivity index (χ0v) is 17.3. The van der Waals surface area contributed by atoms with Gasteiger partial charge in [0, 0.05) is 16.0 Å². The van der Waals surface area contributed by atoms with Crippen LogP contribution in [0.15, 0.2) is 58.8 Å². The molecule has 0 saturated heterocycles. The number of fused-ring (bicyclic) bond motifs is 1. The van der Waals surface area contributed by atoms with E-state index in [1.165, 1.54) is 28.7 Å². The number of nitrogens with one attached hydrogen (secondary N) is 2. The third kappa shape index (κ3) is 4.96. The van der Waals surface area contributed by atoms with Gasteiger partial charge in [0.15, 0.2) is 5.13 Å². The largest absolute Gasteiger partial charge is 0.459 e. The van der Waals surface area contributed by atoms with Crippen LogP contribution in [0.25, 0.3) is 0 Å². The van der Waals surface area contributed by atoms with Crippen molar-refractivity contribution in [3.63, 3.8) is 0 Å². The minimum atomic E-state index is -0.494. The quantitative estimate of drug-likeness (QED) is 0.555. The highest BCUT2D eigenvalue weighted by atomic mass is 32.2. The van der Waals surface area contributed by atoms with E-state index in [4.69, 9.17) is 4.74 Å². The molecule has 0 fully saturated rings. The highest BCUT2D eigenvalue weighted by molar-refractivity contribution is 8.01. The van der Waals surface area contributed by atoms with Gasteiger partial charge in [-0.15, -0.1) is 23.1 Å². The lowest BCUT2D eigenvalue weighted by Crippen LogP contribution is -2.31. The van der Waals surface area contributed by atoms with Crippen molar-refractivity contribution in [1.29, 1.82) is 0 Å². The summed E-state index contributed by atoms with van der Waals surface area (Å²) in [5, 5.41) is 8.15. The van der Waals surface area contributed by atoms with Gasteiger partial charge in [-0.05, 0) is 31.2 Å². The van der Waals surface area contributed by atoms with Crippen molar-refractivity contribution < 1.29 is 14.3 Å². The van der Waals surface area contributed by atoms with E-state index in [1.807, 2.05) is 60.8 Å². The summed E-state index contributed by atoms with van der Waals surface area (Å²) in [5.74, 6) is -0.595. The number of thioether (sulfide) groups is 1. The van der Waals surface area contributed by atoms with E-state index in [-0.39, 0.29) is 18.9 Å². The maximum absolute atomic E-state index is 12.2. The first kappa shape index (κ1) is 19.5. The van der Waals surface area contributed by atoms with Crippen LogP contribution >= 0.6 is 23.1 Å². The Morgan fingerprint density at radius 1 is 1.21 bits per heavy atom. The fraction of sp³-hybridized carbons (Fsp3) is 0.190. The van der Waals surface area contributed by atoms with Crippen LogP contribution in [0.5, 0.6) is 0 Å². The highest BCUT2D eigenvalue weighted by Crippen LogP contribution is 2.36. The number of rotatable bonds is 6. The summed E-state index contributed by atoms with van der Waals surface area (Å²) < 4.78 is 5.33. The van der Waals surface area contributed by atoms with Gasteiger partial charge in [0.1, 0.15) is 6.61 Å². The summed E-state index contributed by atoms with van der Waals surface area (Å²) in [4.78, 5) is 29.8. The van der Waals surface area contributed by atoms with E-state index in [2.05, 4.69) is 15.6 Å². The molecule has 1 atom stereocenters. The number of nitrogens with zero attached hydrogens (tertiary/aromatic N) is 1. The van der Waals surface area contributed by atoms with Crippen molar-refractivity contribution in [2.75, 3.05) is 10.6 Å². The number of hydrogen-bond donors (Lipinski definition) is 2. The van der Waals surface area contributed by atoms with Gasteiger partial charge in [0.2, 0.25) is 5.91 Å². The van der Waals surface area contributed by atoms with Crippen LogP contribution in [0, 0.1) is 6.92 Å². The highest BCUT2D eigenvalue weighted by Gasteiger charge is 2.29. The van der Waals surface area contributed by atoms with Crippen molar-refractivity contribution >= 4 is 51.5 Å². The monoisotopic (exact) mass is 425 g/mol. The average Bonchev–Trinajstić information content (AvgIpc) is 3.16. The Morgan fingerprint density at radius 3 is 2.83 bits per heavy atom. The zero-order chi connectivity index (χ0) is 20.2. The molecule has 2 aromatic carbocycles. The van der Waals surface area contributed by atoms with Crippen molar-refractivity contribution in [3.05, 3.63) is 65.2 Å². The molecule has 0 aliphatic carbocycles. The Morgan fingerprint density at radius 2 is 2.00 bits per heavy atom. The Kier molecular flexibility index (Phi) is 5.82. The number of ether oxygens (including phenoxy) is 1. The Hall–Kier alpha value is -2.84. The summed E-state index contributed by atoms with van der Waals surface area (Å²) in [6.07, 6.45) is 0.0173. The smallest absolute Gasteiger partial charge is 0.307 e. The second-order valence-electron chi connectivity index (χ2n) is 6.59. The maximum Gasteiger partial charge on any atom is 0.307 e. The van der Waals surface area contributed by atoms with E-state index in [9.17, 15) is 9.59 Å². The fourth-order valence-electron chi connectivity index (χ4n) is 2.78. The van der Waals surface area contributed by atoms with Gasteiger partial charge in [-0.3, -0.25) is 9.59 Å². The first-order chi connectivity index (χ1) is 14.1. The number of aryl methyl sites for hydroxylation is 1. The van der Waals surface area contributed by atoms with Gasteiger partial charge in [0.25, 0.3) is 0 Å². The average molecular weight is 426 g/mol. The Balaban J connectivity index is 1.28. The first-order valence-electron chi connectivity index (χ1n) is 9.07. The number of aromatic nitrogens is 1. The van der Waals surface area contributed by atoms with Gasteiger partial charge in [-0.25, -0.2) is 4.98 Å². The normalized spacial score (nSPS) is 15.3. The lowest BCUT2D eigenvalue weighted by molar-refractivity contribution is -0.145. The molecule has 2 heterocycles. The number of amides is 1. The van der Waals surface area contributed by atoms with E-state index in [0.29, 0.717) is 5.69 Å². The van der Waals surface area contributed by atoms with Crippen molar-refractivity contribution in [3.8, 4) is 0 Å². The molecule has 1 aliphatic heterocycles. The number of anilines is 3. The number of benzene rings is 2. The molecule has 0 bridgehead atoms. The van der Waals surface area contributed by atoms with Crippen molar-refractivity contribution in [2.45, 2.75) is 30.1 Å². The van der Waals surface area contributed by atoms with Crippen LogP contribution in [-0.4, -0.2) is 22.1 Å². The Bertz CT molecular complexity index is 1030. The molecule has 1 amide bonds. The molecule has 29 heavy (non-hydrogen) atoms. The van der Waals surface area contributed by atoms with Crippen LogP contribution < -0.4 is 10.6 Å². The molecular formula is C21H19N3O3S2. The maximum atomic E-state index is 12.2. The SMILES string of the molecule is Cc1ccc(Nc2nc(COC(=O)CC3Sc4ccccc4NC3=O)cs2)cc1. The van der Waals surface area contributed by atoms with Gasteiger partial charge < -0.3 is 15.4 Å². The number of carbonyl (C=O) groups excluding carboxylic acids is 2. The van der Waals surface area contributed by atoms with Gasteiger partial charge in [-0.1, -0.05) is 29.8 Å². The minimum absolute atomic E-state index is 0.0173. The molecule has 6 nitrogen and oxygen atoms in total. The van der Waals surface area contributed by atoms with Crippen LogP contribution in [0.4, 0.5) is 16.5 Å². The van der Waals surface area contributed by atoms with Crippen molar-refractivity contribution in [2.24, 2.45) is 0 Å². The molecule has 3 aromatic rings. The molecule has 4 rings (SSSR count). The zero-order valence-electron chi connectivity index (χ0n) is 15.7. The fourth-order valence-corrected chi connectivity index (χ4v) is 4.59. The minimum Gasteiger partial charge on any atom is -0.459 e. The molecule has 148 valence electrons. The van der Waals surface area contributed by atoms with Crippen LogP contribution in [0.1, 0.15) is 17.7 Å². The topological polar surface area (TPSA) is 80.3 Å². The van der Waals surface area contributed by atoms with Gasteiger partial charge in [0.05, 0.1) is 23.1 Å². The molecule has 8 heteroatoms. The molecule has 1 aromatic heterocycles. The first-order valence-corrected chi connectivity index (χ1v) is 10.8. The predicted octanol–water partition coefficient (Wildman–Crippen LogP) is 4.74. The second kappa shape index (κ2) is 8.67. The van der Waals surface area contributed by atoms with E-state index >= 15 is 0 Å². The van der Waals surface area contributed by atoms with Gasteiger partial charge >= 0.3 is 5.97 Å².